The molecule has 1 aliphatic heterocycles. The summed E-state index contributed by atoms with van der Waals surface area (Å²) in [4.78, 5) is 14.6. The van der Waals surface area contributed by atoms with Gasteiger partial charge in [-0.3, -0.25) is 4.79 Å². The summed E-state index contributed by atoms with van der Waals surface area (Å²) in [5.41, 5.74) is 8.59. The molecule has 0 saturated carbocycles. The minimum absolute atomic E-state index is 0.0174. The molecule has 1 aliphatic rings. The van der Waals surface area contributed by atoms with Crippen LogP contribution in [0.5, 0.6) is 0 Å². The van der Waals surface area contributed by atoms with Gasteiger partial charge in [0.25, 0.3) is 5.91 Å². The number of carbonyl (C=O) groups excluding carboxylic acids is 1. The van der Waals surface area contributed by atoms with E-state index in [1.54, 1.807) is 6.07 Å². The van der Waals surface area contributed by atoms with Gasteiger partial charge in [0, 0.05) is 24.3 Å². The van der Waals surface area contributed by atoms with Gasteiger partial charge in [-0.2, -0.15) is 0 Å². The first-order chi connectivity index (χ1) is 11.0. The summed E-state index contributed by atoms with van der Waals surface area (Å²) < 4.78 is 5.84. The number of likely N-dealkylation sites (tertiary alicyclic amines) is 1. The predicted molar refractivity (Wildman–Crippen MR) is 92.1 cm³/mol. The van der Waals surface area contributed by atoms with Crippen LogP contribution in [0.2, 0.25) is 0 Å². The molecule has 23 heavy (non-hydrogen) atoms. The molecule has 2 N–H and O–H groups in total. The predicted octanol–water partition coefficient (Wildman–Crippen LogP) is 3.96. The quantitative estimate of drug-likeness (QED) is 0.854. The number of hydrogen-bond acceptors (Lipinski definition) is 3. The van der Waals surface area contributed by atoms with Crippen LogP contribution in [-0.2, 0) is 0 Å². The van der Waals surface area contributed by atoms with E-state index in [2.05, 4.69) is 13.8 Å². The first-order valence-corrected chi connectivity index (χ1v) is 8.20. The SMILES string of the molecule is Cc1c(N)cccc1-c1ccc(C(=O)N2C[C@H](C)C[C@H](C)C2)o1. The fourth-order valence-electron chi connectivity index (χ4n) is 3.50. The zero-order valence-electron chi connectivity index (χ0n) is 14.0. The number of hydrogen-bond donors (Lipinski definition) is 1. The van der Waals surface area contributed by atoms with E-state index >= 15 is 0 Å². The molecule has 0 radical (unpaired) electrons. The first kappa shape index (κ1) is 15.7. The minimum atomic E-state index is -0.0174. The number of nitrogens with two attached hydrogens (primary N) is 1. The molecule has 3 rings (SSSR count). The normalized spacial score (nSPS) is 21.4. The number of furan rings is 1. The monoisotopic (exact) mass is 312 g/mol. The standard InChI is InChI=1S/C19H24N2O2/c1-12-9-13(2)11-21(10-12)19(22)18-8-7-17(23-18)15-5-4-6-16(20)14(15)3/h4-8,12-13H,9-11,20H2,1-3H3/t12-,13+. The third kappa shape index (κ3) is 3.11. The van der Waals surface area contributed by atoms with Gasteiger partial charge in [0.15, 0.2) is 5.76 Å². The fraction of sp³-hybridized carbons (Fsp3) is 0.421. The van der Waals surface area contributed by atoms with Gasteiger partial charge in [0.2, 0.25) is 0 Å². The summed E-state index contributed by atoms with van der Waals surface area (Å²) in [5, 5.41) is 0. The van der Waals surface area contributed by atoms with Crippen molar-refractivity contribution in [3.05, 3.63) is 41.7 Å². The van der Waals surface area contributed by atoms with Crippen LogP contribution in [0.1, 0.15) is 36.4 Å². The summed E-state index contributed by atoms with van der Waals surface area (Å²) in [7, 11) is 0. The Hall–Kier alpha value is -2.23. The Kier molecular flexibility index (Phi) is 4.16. The highest BCUT2D eigenvalue weighted by Gasteiger charge is 2.27. The van der Waals surface area contributed by atoms with E-state index in [0.29, 0.717) is 23.4 Å². The number of nitrogen functional groups attached to an aromatic ring is 1. The molecule has 0 bridgehead atoms. The fourth-order valence-corrected chi connectivity index (χ4v) is 3.50. The molecule has 122 valence electrons. The maximum Gasteiger partial charge on any atom is 0.289 e. The molecule has 0 unspecified atom stereocenters. The highest BCUT2D eigenvalue weighted by atomic mass is 16.4. The Morgan fingerprint density at radius 2 is 1.87 bits per heavy atom. The number of amides is 1. The lowest BCUT2D eigenvalue weighted by atomic mass is 9.92. The summed E-state index contributed by atoms with van der Waals surface area (Å²) in [6, 6.07) is 9.35. The van der Waals surface area contributed by atoms with Crippen LogP contribution in [0.25, 0.3) is 11.3 Å². The van der Waals surface area contributed by atoms with Crippen LogP contribution in [-0.4, -0.2) is 23.9 Å². The Morgan fingerprint density at radius 1 is 1.17 bits per heavy atom. The Balaban J connectivity index is 1.84. The minimum Gasteiger partial charge on any atom is -0.451 e. The molecule has 1 aromatic carbocycles. The Labute approximate surface area is 137 Å². The second kappa shape index (κ2) is 6.11. The molecular weight excluding hydrogens is 288 g/mol. The average molecular weight is 312 g/mol. The van der Waals surface area contributed by atoms with Crippen LogP contribution in [0.3, 0.4) is 0 Å². The molecule has 2 atom stereocenters. The van der Waals surface area contributed by atoms with Crippen molar-refractivity contribution >= 4 is 11.6 Å². The molecule has 1 amide bonds. The molecular formula is C19H24N2O2. The summed E-state index contributed by atoms with van der Waals surface area (Å²) in [6.45, 7) is 7.95. The van der Waals surface area contributed by atoms with E-state index in [9.17, 15) is 4.79 Å². The lowest BCUT2D eigenvalue weighted by molar-refractivity contribution is 0.0592. The highest BCUT2D eigenvalue weighted by molar-refractivity contribution is 5.92. The van der Waals surface area contributed by atoms with Gasteiger partial charge in [-0.15, -0.1) is 0 Å². The maximum absolute atomic E-state index is 12.7. The Morgan fingerprint density at radius 3 is 2.57 bits per heavy atom. The maximum atomic E-state index is 12.7. The molecule has 0 spiro atoms. The molecule has 4 nitrogen and oxygen atoms in total. The summed E-state index contributed by atoms with van der Waals surface area (Å²) in [5.74, 6) is 2.15. The number of piperidine rings is 1. The van der Waals surface area contributed by atoms with Gasteiger partial charge in [-0.1, -0.05) is 26.0 Å². The van der Waals surface area contributed by atoms with E-state index in [-0.39, 0.29) is 5.91 Å². The second-order valence-electron chi connectivity index (χ2n) is 6.84. The summed E-state index contributed by atoms with van der Waals surface area (Å²) in [6.07, 6.45) is 1.18. The zero-order chi connectivity index (χ0) is 16.6. The molecule has 4 heteroatoms. The van der Waals surface area contributed by atoms with Crippen molar-refractivity contribution in [2.75, 3.05) is 18.8 Å². The number of carbonyl (C=O) groups is 1. The van der Waals surface area contributed by atoms with Crippen molar-refractivity contribution in [3.63, 3.8) is 0 Å². The number of benzene rings is 1. The molecule has 2 aromatic rings. The van der Waals surface area contributed by atoms with Crippen molar-refractivity contribution in [1.82, 2.24) is 4.90 Å². The van der Waals surface area contributed by atoms with Crippen LogP contribution in [0.15, 0.2) is 34.7 Å². The van der Waals surface area contributed by atoms with E-state index < -0.39 is 0 Å². The smallest absolute Gasteiger partial charge is 0.289 e. The number of anilines is 1. The topological polar surface area (TPSA) is 59.5 Å². The first-order valence-electron chi connectivity index (χ1n) is 8.20. The molecule has 1 fully saturated rings. The molecule has 2 heterocycles. The summed E-state index contributed by atoms with van der Waals surface area (Å²) >= 11 is 0. The van der Waals surface area contributed by atoms with Crippen molar-refractivity contribution in [2.24, 2.45) is 11.8 Å². The number of rotatable bonds is 2. The van der Waals surface area contributed by atoms with Crippen LogP contribution < -0.4 is 5.73 Å². The largest absolute Gasteiger partial charge is 0.451 e. The van der Waals surface area contributed by atoms with Crippen LogP contribution in [0, 0.1) is 18.8 Å². The van der Waals surface area contributed by atoms with E-state index in [1.165, 1.54) is 6.42 Å². The van der Waals surface area contributed by atoms with Crippen LogP contribution >= 0.6 is 0 Å². The van der Waals surface area contributed by atoms with Gasteiger partial charge in [-0.25, -0.2) is 0 Å². The zero-order valence-corrected chi connectivity index (χ0v) is 14.0. The van der Waals surface area contributed by atoms with Crippen molar-refractivity contribution < 1.29 is 9.21 Å². The van der Waals surface area contributed by atoms with Gasteiger partial charge in [0.05, 0.1) is 0 Å². The van der Waals surface area contributed by atoms with Crippen molar-refractivity contribution in [3.8, 4) is 11.3 Å². The molecule has 0 aliphatic carbocycles. The molecule has 1 aromatic heterocycles. The average Bonchev–Trinajstić information content (AvgIpc) is 2.98. The third-order valence-electron chi connectivity index (χ3n) is 4.61. The highest BCUT2D eigenvalue weighted by Crippen LogP contribution is 2.30. The van der Waals surface area contributed by atoms with Gasteiger partial charge in [0.1, 0.15) is 5.76 Å². The molecule has 1 saturated heterocycles. The second-order valence-corrected chi connectivity index (χ2v) is 6.84. The number of nitrogens with zero attached hydrogens (tertiary/aromatic N) is 1. The Bertz CT molecular complexity index is 710. The lowest BCUT2D eigenvalue weighted by Crippen LogP contribution is -2.42. The van der Waals surface area contributed by atoms with Gasteiger partial charge < -0.3 is 15.1 Å². The van der Waals surface area contributed by atoms with E-state index in [0.717, 1.165) is 29.9 Å². The van der Waals surface area contributed by atoms with E-state index in [4.69, 9.17) is 10.2 Å². The van der Waals surface area contributed by atoms with Gasteiger partial charge in [-0.05, 0) is 48.9 Å². The van der Waals surface area contributed by atoms with E-state index in [1.807, 2.05) is 36.1 Å². The van der Waals surface area contributed by atoms with Crippen LogP contribution in [0.4, 0.5) is 5.69 Å². The van der Waals surface area contributed by atoms with Gasteiger partial charge >= 0.3 is 0 Å². The van der Waals surface area contributed by atoms with Crippen molar-refractivity contribution in [2.45, 2.75) is 27.2 Å². The lowest BCUT2D eigenvalue weighted by Gasteiger charge is -2.34. The third-order valence-corrected chi connectivity index (χ3v) is 4.61. The van der Waals surface area contributed by atoms with Crippen molar-refractivity contribution in [1.29, 1.82) is 0 Å².